The first-order chi connectivity index (χ1) is 10.6. The van der Waals surface area contributed by atoms with Crippen LogP contribution in [0.1, 0.15) is 16.8 Å². The second kappa shape index (κ2) is 6.15. The van der Waals surface area contributed by atoms with Crippen molar-refractivity contribution in [3.05, 3.63) is 70.4 Å². The zero-order valence-corrected chi connectivity index (χ0v) is 12.8. The minimum atomic E-state index is -0.263. The average Bonchev–Trinajstić information content (AvgIpc) is 2.78. The number of carbonyl (C=O) groups excluding carboxylic acids is 2. The number of carbonyl (C=O) groups is 2. The number of amides is 2. The van der Waals surface area contributed by atoms with E-state index in [9.17, 15) is 9.59 Å². The number of nitrogens with zero attached hydrogens (tertiary/aromatic N) is 2. The molecule has 1 fully saturated rings. The van der Waals surface area contributed by atoms with Gasteiger partial charge in [-0.15, -0.1) is 0 Å². The zero-order chi connectivity index (χ0) is 15.5. The Morgan fingerprint density at radius 2 is 1.91 bits per heavy atom. The van der Waals surface area contributed by atoms with Crippen molar-refractivity contribution in [2.45, 2.75) is 13.5 Å². The molecule has 5 heteroatoms. The third-order valence-electron chi connectivity index (χ3n) is 3.30. The van der Waals surface area contributed by atoms with Crippen molar-refractivity contribution in [1.29, 1.82) is 0 Å². The fourth-order valence-corrected chi connectivity index (χ4v) is 2.93. The molecule has 0 spiro atoms. The van der Waals surface area contributed by atoms with Gasteiger partial charge in [-0.1, -0.05) is 35.9 Å². The third-order valence-corrected chi connectivity index (χ3v) is 4.21. The summed E-state index contributed by atoms with van der Waals surface area (Å²) in [4.78, 5) is 30.3. The summed E-state index contributed by atoms with van der Waals surface area (Å²) in [7, 11) is 0. The topological polar surface area (TPSA) is 50.3 Å². The lowest BCUT2D eigenvalue weighted by atomic mass is 10.1. The summed E-state index contributed by atoms with van der Waals surface area (Å²) >= 11 is 0.958. The molecule has 0 saturated carbocycles. The Hall–Kier alpha value is -2.40. The number of rotatable bonds is 3. The lowest BCUT2D eigenvalue weighted by Gasteiger charge is -2.12. The van der Waals surface area contributed by atoms with Crippen LogP contribution in [0.5, 0.6) is 0 Å². The van der Waals surface area contributed by atoms with Crippen LogP contribution < -0.4 is 0 Å². The molecule has 2 amide bonds. The van der Waals surface area contributed by atoms with Gasteiger partial charge in [-0.3, -0.25) is 19.5 Å². The molecule has 2 aromatic rings. The maximum Gasteiger partial charge on any atom is 0.293 e. The molecule has 1 aliphatic rings. The molecule has 0 N–H and O–H groups in total. The quantitative estimate of drug-likeness (QED) is 0.812. The van der Waals surface area contributed by atoms with Crippen molar-refractivity contribution in [2.75, 3.05) is 0 Å². The van der Waals surface area contributed by atoms with Crippen LogP contribution in [0.15, 0.2) is 53.6 Å². The number of aryl methyl sites for hydroxylation is 1. The van der Waals surface area contributed by atoms with Gasteiger partial charge in [-0.2, -0.15) is 0 Å². The highest BCUT2D eigenvalue weighted by Crippen LogP contribution is 2.32. The minimum Gasteiger partial charge on any atom is -0.268 e. The fourth-order valence-electron chi connectivity index (χ4n) is 2.11. The summed E-state index contributed by atoms with van der Waals surface area (Å²) < 4.78 is 0. The van der Waals surface area contributed by atoms with Crippen molar-refractivity contribution in [2.24, 2.45) is 0 Å². The molecule has 0 unspecified atom stereocenters. The van der Waals surface area contributed by atoms with E-state index in [1.54, 1.807) is 24.4 Å². The lowest BCUT2D eigenvalue weighted by molar-refractivity contribution is -0.123. The van der Waals surface area contributed by atoms with Crippen molar-refractivity contribution >= 4 is 29.0 Å². The molecule has 2 heterocycles. The van der Waals surface area contributed by atoms with Crippen LogP contribution in [-0.4, -0.2) is 21.0 Å². The van der Waals surface area contributed by atoms with Gasteiger partial charge in [-0.25, -0.2) is 0 Å². The highest BCUT2D eigenvalue weighted by Gasteiger charge is 2.34. The number of hydrogen-bond acceptors (Lipinski definition) is 4. The molecule has 22 heavy (non-hydrogen) atoms. The summed E-state index contributed by atoms with van der Waals surface area (Å²) in [5.74, 6) is -0.263. The molecule has 3 rings (SSSR count). The van der Waals surface area contributed by atoms with Crippen LogP contribution in [-0.2, 0) is 11.3 Å². The normalized spacial score (nSPS) is 16.6. The monoisotopic (exact) mass is 310 g/mol. The molecule has 0 atom stereocenters. The van der Waals surface area contributed by atoms with Crippen molar-refractivity contribution < 1.29 is 9.59 Å². The van der Waals surface area contributed by atoms with E-state index in [-0.39, 0.29) is 11.1 Å². The van der Waals surface area contributed by atoms with E-state index in [2.05, 4.69) is 4.98 Å². The summed E-state index contributed by atoms with van der Waals surface area (Å²) in [6.07, 6.45) is 3.31. The van der Waals surface area contributed by atoms with Crippen LogP contribution in [0.25, 0.3) is 6.08 Å². The molecular formula is C17H14N2O2S. The van der Waals surface area contributed by atoms with Gasteiger partial charge in [0.25, 0.3) is 11.1 Å². The van der Waals surface area contributed by atoms with Crippen LogP contribution in [0, 0.1) is 6.92 Å². The Labute approximate surface area is 132 Å². The SMILES string of the molecule is Cc1ccc(CN2C(=O)S/C(=C\c3ccccn3)C2=O)cc1. The van der Waals surface area contributed by atoms with Gasteiger partial charge in [-0.05, 0) is 42.5 Å². The van der Waals surface area contributed by atoms with E-state index >= 15 is 0 Å². The molecule has 1 saturated heterocycles. The maximum atomic E-state index is 12.4. The fraction of sp³-hybridized carbons (Fsp3) is 0.118. The molecule has 110 valence electrons. The van der Waals surface area contributed by atoms with Crippen LogP contribution in [0.4, 0.5) is 4.79 Å². The van der Waals surface area contributed by atoms with Gasteiger partial charge in [0.05, 0.1) is 17.1 Å². The number of imide groups is 1. The van der Waals surface area contributed by atoms with Crippen LogP contribution in [0.2, 0.25) is 0 Å². The van der Waals surface area contributed by atoms with Gasteiger partial charge < -0.3 is 0 Å². The Morgan fingerprint density at radius 3 is 2.59 bits per heavy atom. The van der Waals surface area contributed by atoms with Gasteiger partial charge >= 0.3 is 0 Å². The summed E-state index contributed by atoms with van der Waals surface area (Å²) in [5, 5.41) is -0.243. The lowest BCUT2D eigenvalue weighted by Crippen LogP contribution is -2.27. The standard InChI is InChI=1S/C17H14N2O2S/c1-12-5-7-13(8-6-12)11-19-16(20)15(22-17(19)21)10-14-4-2-3-9-18-14/h2-10H,11H2,1H3/b15-10-. The molecule has 1 aromatic heterocycles. The second-order valence-electron chi connectivity index (χ2n) is 5.01. The number of thioether (sulfide) groups is 1. The summed E-state index contributed by atoms with van der Waals surface area (Å²) in [6, 6.07) is 13.3. The number of benzene rings is 1. The van der Waals surface area contributed by atoms with Gasteiger partial charge in [0, 0.05) is 6.20 Å². The zero-order valence-electron chi connectivity index (χ0n) is 12.0. The first kappa shape index (κ1) is 14.5. The first-order valence-electron chi connectivity index (χ1n) is 6.85. The van der Waals surface area contributed by atoms with E-state index < -0.39 is 0 Å². The minimum absolute atomic E-state index is 0.243. The molecule has 4 nitrogen and oxygen atoms in total. The predicted octanol–water partition coefficient (Wildman–Crippen LogP) is 3.63. The Kier molecular flexibility index (Phi) is 4.06. The highest BCUT2D eigenvalue weighted by atomic mass is 32.2. The van der Waals surface area contributed by atoms with E-state index in [1.165, 1.54) is 4.90 Å². The Bertz CT molecular complexity index is 739. The van der Waals surface area contributed by atoms with Crippen molar-refractivity contribution in [3.63, 3.8) is 0 Å². The highest BCUT2D eigenvalue weighted by molar-refractivity contribution is 8.18. The smallest absolute Gasteiger partial charge is 0.268 e. The molecule has 0 radical (unpaired) electrons. The first-order valence-corrected chi connectivity index (χ1v) is 7.67. The number of aromatic nitrogens is 1. The molecular weight excluding hydrogens is 296 g/mol. The van der Waals surface area contributed by atoms with Crippen LogP contribution in [0.3, 0.4) is 0 Å². The second-order valence-corrected chi connectivity index (χ2v) is 6.00. The Balaban J connectivity index is 1.80. The molecule has 1 aliphatic heterocycles. The van der Waals surface area contributed by atoms with E-state index in [1.807, 2.05) is 37.3 Å². The summed E-state index contributed by atoms with van der Waals surface area (Å²) in [5.41, 5.74) is 2.75. The average molecular weight is 310 g/mol. The van der Waals surface area contributed by atoms with Gasteiger partial charge in [0.15, 0.2) is 0 Å². The largest absolute Gasteiger partial charge is 0.293 e. The van der Waals surface area contributed by atoms with Crippen molar-refractivity contribution in [1.82, 2.24) is 9.88 Å². The van der Waals surface area contributed by atoms with Crippen molar-refractivity contribution in [3.8, 4) is 0 Å². The Morgan fingerprint density at radius 1 is 1.14 bits per heavy atom. The van der Waals surface area contributed by atoms with Crippen LogP contribution >= 0.6 is 11.8 Å². The van der Waals surface area contributed by atoms with Gasteiger partial charge in [0.1, 0.15) is 0 Å². The molecule has 0 bridgehead atoms. The molecule has 0 aliphatic carbocycles. The van der Waals surface area contributed by atoms with E-state index in [0.717, 1.165) is 22.9 Å². The third kappa shape index (κ3) is 3.09. The number of pyridine rings is 1. The predicted molar refractivity (Wildman–Crippen MR) is 86.9 cm³/mol. The van der Waals surface area contributed by atoms with Gasteiger partial charge in [0.2, 0.25) is 0 Å². The maximum absolute atomic E-state index is 12.4. The summed E-state index contributed by atoms with van der Waals surface area (Å²) in [6.45, 7) is 2.30. The van der Waals surface area contributed by atoms with E-state index in [4.69, 9.17) is 0 Å². The molecule has 1 aromatic carbocycles. The van der Waals surface area contributed by atoms with E-state index in [0.29, 0.717) is 17.1 Å². The number of hydrogen-bond donors (Lipinski definition) is 0.